The molecule has 2 aromatic rings. The molecular weight excluding hydrogens is 408 g/mol. The SMILES string of the molecule is COc1ccc(CCCNC(=O)c2cnc3c(c2)N(CC2CCOCC2)C(=O)CN3)cc1. The summed E-state index contributed by atoms with van der Waals surface area (Å²) in [6, 6.07) is 9.71. The minimum atomic E-state index is -0.181. The van der Waals surface area contributed by atoms with Crippen LogP contribution < -0.4 is 20.3 Å². The number of carbonyl (C=O) groups excluding carboxylic acids is 2. The third kappa shape index (κ3) is 5.37. The average molecular weight is 439 g/mol. The highest BCUT2D eigenvalue weighted by atomic mass is 16.5. The Morgan fingerprint density at radius 1 is 1.28 bits per heavy atom. The van der Waals surface area contributed by atoms with Crippen molar-refractivity contribution >= 4 is 23.3 Å². The highest BCUT2D eigenvalue weighted by Gasteiger charge is 2.29. The van der Waals surface area contributed by atoms with Crippen molar-refractivity contribution in [2.24, 2.45) is 5.92 Å². The second-order valence-corrected chi connectivity index (χ2v) is 8.21. The molecule has 1 saturated heterocycles. The van der Waals surface area contributed by atoms with Crippen LogP contribution in [-0.4, -0.2) is 56.8 Å². The van der Waals surface area contributed by atoms with E-state index in [1.54, 1.807) is 24.3 Å². The number of ether oxygens (including phenoxy) is 2. The van der Waals surface area contributed by atoms with Gasteiger partial charge in [0, 0.05) is 32.5 Å². The molecule has 0 unspecified atom stereocenters. The van der Waals surface area contributed by atoms with Crippen LogP contribution >= 0.6 is 0 Å². The molecule has 4 rings (SSSR count). The number of nitrogens with zero attached hydrogens (tertiary/aromatic N) is 2. The number of aryl methyl sites for hydroxylation is 1. The van der Waals surface area contributed by atoms with Gasteiger partial charge in [-0.05, 0) is 55.4 Å². The van der Waals surface area contributed by atoms with Gasteiger partial charge in [-0.2, -0.15) is 0 Å². The second kappa shape index (κ2) is 10.5. The van der Waals surface area contributed by atoms with Gasteiger partial charge in [-0.3, -0.25) is 9.59 Å². The van der Waals surface area contributed by atoms with E-state index < -0.39 is 0 Å². The van der Waals surface area contributed by atoms with Gasteiger partial charge in [0.15, 0.2) is 0 Å². The Morgan fingerprint density at radius 3 is 2.81 bits per heavy atom. The number of anilines is 2. The van der Waals surface area contributed by atoms with Gasteiger partial charge in [-0.25, -0.2) is 4.98 Å². The van der Waals surface area contributed by atoms with Crippen LogP contribution in [0.3, 0.4) is 0 Å². The van der Waals surface area contributed by atoms with Gasteiger partial charge in [-0.15, -0.1) is 0 Å². The first kappa shape index (κ1) is 22.1. The number of benzene rings is 1. The lowest BCUT2D eigenvalue weighted by atomic mass is 9.99. The summed E-state index contributed by atoms with van der Waals surface area (Å²) in [6.45, 7) is 2.88. The zero-order valence-corrected chi connectivity index (χ0v) is 18.4. The van der Waals surface area contributed by atoms with Crippen molar-refractivity contribution in [2.75, 3.05) is 50.2 Å². The molecule has 0 saturated carbocycles. The summed E-state index contributed by atoms with van der Waals surface area (Å²) >= 11 is 0. The Morgan fingerprint density at radius 2 is 2.06 bits per heavy atom. The molecule has 2 aliphatic rings. The van der Waals surface area contributed by atoms with Crippen LogP contribution in [0.4, 0.5) is 11.5 Å². The number of hydrogen-bond acceptors (Lipinski definition) is 6. The number of fused-ring (bicyclic) bond motifs is 1. The van der Waals surface area contributed by atoms with Gasteiger partial charge < -0.3 is 25.0 Å². The van der Waals surface area contributed by atoms with Crippen molar-refractivity contribution in [3.63, 3.8) is 0 Å². The largest absolute Gasteiger partial charge is 0.497 e. The fourth-order valence-corrected chi connectivity index (χ4v) is 4.08. The average Bonchev–Trinajstić information content (AvgIpc) is 2.84. The molecule has 3 heterocycles. The Kier molecular flexibility index (Phi) is 7.21. The third-order valence-electron chi connectivity index (χ3n) is 6.00. The number of hydrogen-bond donors (Lipinski definition) is 2. The molecule has 8 heteroatoms. The van der Waals surface area contributed by atoms with E-state index in [2.05, 4.69) is 15.6 Å². The highest BCUT2D eigenvalue weighted by Crippen LogP contribution is 2.30. The van der Waals surface area contributed by atoms with E-state index in [1.165, 1.54) is 5.56 Å². The van der Waals surface area contributed by atoms with Crippen molar-refractivity contribution in [2.45, 2.75) is 25.7 Å². The fraction of sp³-hybridized carbons (Fsp3) is 0.458. The van der Waals surface area contributed by atoms with Crippen LogP contribution in [0.15, 0.2) is 36.5 Å². The topological polar surface area (TPSA) is 92.8 Å². The summed E-state index contributed by atoms with van der Waals surface area (Å²) < 4.78 is 10.6. The lowest BCUT2D eigenvalue weighted by Crippen LogP contribution is -2.44. The molecule has 2 aliphatic heterocycles. The van der Waals surface area contributed by atoms with Gasteiger partial charge in [-0.1, -0.05) is 12.1 Å². The molecule has 2 N–H and O–H groups in total. The zero-order valence-electron chi connectivity index (χ0n) is 18.4. The summed E-state index contributed by atoms with van der Waals surface area (Å²) in [6.07, 6.45) is 5.13. The summed E-state index contributed by atoms with van der Waals surface area (Å²) in [4.78, 5) is 31.5. The molecule has 8 nitrogen and oxygen atoms in total. The van der Waals surface area contributed by atoms with Crippen LogP contribution in [0.5, 0.6) is 5.75 Å². The Bertz CT molecular complexity index is 942. The molecule has 0 bridgehead atoms. The maximum Gasteiger partial charge on any atom is 0.252 e. The molecule has 0 atom stereocenters. The highest BCUT2D eigenvalue weighted by molar-refractivity contribution is 6.04. The maximum atomic E-state index is 12.7. The monoisotopic (exact) mass is 438 g/mol. The van der Waals surface area contributed by atoms with Crippen molar-refractivity contribution in [1.82, 2.24) is 10.3 Å². The predicted molar refractivity (Wildman–Crippen MR) is 122 cm³/mol. The first-order valence-electron chi connectivity index (χ1n) is 11.2. The van der Waals surface area contributed by atoms with E-state index in [0.717, 1.165) is 44.6 Å². The standard InChI is InChI=1S/C24H30N4O4/c1-31-20-6-4-17(5-7-20)3-2-10-25-24(30)19-13-21-23(26-14-19)27-15-22(29)28(21)16-18-8-11-32-12-9-18/h4-7,13-14,18H,2-3,8-12,15-16H2,1H3,(H,25,30)(H,26,27). The summed E-state index contributed by atoms with van der Waals surface area (Å²) in [5, 5.41) is 6.02. The third-order valence-corrected chi connectivity index (χ3v) is 6.00. The summed E-state index contributed by atoms with van der Waals surface area (Å²) in [5.41, 5.74) is 2.34. The van der Waals surface area contributed by atoms with Crippen molar-refractivity contribution < 1.29 is 19.1 Å². The number of pyridine rings is 1. The molecule has 1 aromatic heterocycles. The Balaban J connectivity index is 1.35. The smallest absolute Gasteiger partial charge is 0.252 e. The molecule has 170 valence electrons. The minimum absolute atomic E-state index is 0.00263. The summed E-state index contributed by atoms with van der Waals surface area (Å²) in [5.74, 6) is 1.70. The number of aromatic nitrogens is 1. The predicted octanol–water partition coefficient (Wildman–Crippen LogP) is 2.64. The Labute approximate surface area is 188 Å². The number of carbonyl (C=O) groups is 2. The van der Waals surface area contributed by atoms with E-state index >= 15 is 0 Å². The van der Waals surface area contributed by atoms with Crippen molar-refractivity contribution in [1.29, 1.82) is 0 Å². The zero-order chi connectivity index (χ0) is 22.3. The molecule has 1 aromatic carbocycles. The van der Waals surface area contributed by atoms with Crippen molar-refractivity contribution in [3.8, 4) is 5.75 Å². The number of methoxy groups -OCH3 is 1. The molecule has 32 heavy (non-hydrogen) atoms. The quantitative estimate of drug-likeness (QED) is 0.616. The van der Waals surface area contributed by atoms with Gasteiger partial charge in [0.1, 0.15) is 11.6 Å². The number of nitrogens with one attached hydrogen (secondary N) is 2. The number of rotatable bonds is 8. The van der Waals surface area contributed by atoms with Crippen LogP contribution in [-0.2, 0) is 16.0 Å². The molecule has 1 fully saturated rings. The molecule has 2 amide bonds. The fourth-order valence-electron chi connectivity index (χ4n) is 4.08. The molecular formula is C24H30N4O4. The van der Waals surface area contributed by atoms with Gasteiger partial charge in [0.25, 0.3) is 5.91 Å². The lowest BCUT2D eigenvalue weighted by Gasteiger charge is -2.33. The number of amides is 2. The van der Waals surface area contributed by atoms with E-state index in [4.69, 9.17) is 9.47 Å². The van der Waals surface area contributed by atoms with Crippen LogP contribution in [0.2, 0.25) is 0 Å². The lowest BCUT2D eigenvalue weighted by molar-refractivity contribution is -0.117. The van der Waals surface area contributed by atoms with Gasteiger partial charge in [0.05, 0.1) is 24.9 Å². The normalized spacial score (nSPS) is 16.3. The Hall–Kier alpha value is -3.13. The van der Waals surface area contributed by atoms with Crippen LogP contribution in [0.25, 0.3) is 0 Å². The molecule has 0 aliphatic carbocycles. The van der Waals surface area contributed by atoms with Crippen LogP contribution in [0.1, 0.15) is 35.2 Å². The van der Waals surface area contributed by atoms with Crippen molar-refractivity contribution in [3.05, 3.63) is 47.7 Å². The van der Waals surface area contributed by atoms with E-state index in [9.17, 15) is 9.59 Å². The molecule has 0 spiro atoms. The van der Waals surface area contributed by atoms with E-state index in [-0.39, 0.29) is 18.4 Å². The first-order valence-corrected chi connectivity index (χ1v) is 11.2. The van der Waals surface area contributed by atoms with E-state index in [0.29, 0.717) is 36.1 Å². The first-order chi connectivity index (χ1) is 15.6. The maximum absolute atomic E-state index is 12.7. The van der Waals surface area contributed by atoms with Crippen LogP contribution in [0, 0.1) is 5.92 Å². The second-order valence-electron chi connectivity index (χ2n) is 8.21. The van der Waals surface area contributed by atoms with Gasteiger partial charge >= 0.3 is 0 Å². The van der Waals surface area contributed by atoms with E-state index in [1.807, 2.05) is 24.3 Å². The summed E-state index contributed by atoms with van der Waals surface area (Å²) in [7, 11) is 1.65. The van der Waals surface area contributed by atoms with Gasteiger partial charge in [0.2, 0.25) is 5.91 Å². The molecule has 0 radical (unpaired) electrons. The minimum Gasteiger partial charge on any atom is -0.497 e.